The Morgan fingerprint density at radius 1 is 1.33 bits per heavy atom. The van der Waals surface area contributed by atoms with E-state index in [1.165, 1.54) is 6.26 Å². The van der Waals surface area contributed by atoms with Gasteiger partial charge >= 0.3 is 0 Å². The summed E-state index contributed by atoms with van der Waals surface area (Å²) in [5, 5.41) is 1.56. The third-order valence-electron chi connectivity index (χ3n) is 2.84. The summed E-state index contributed by atoms with van der Waals surface area (Å²) in [5.41, 5.74) is 1.77. The molecule has 0 saturated heterocycles. The SMILES string of the molecule is CC(C)n1c(CS(C)(=O)=O)cc2c(Cl)cccc21. The Labute approximate surface area is 112 Å². The van der Waals surface area contributed by atoms with Crippen molar-refractivity contribution in [3.05, 3.63) is 35.0 Å². The zero-order chi connectivity index (χ0) is 13.5. The molecule has 0 bridgehead atoms. The molecule has 0 aliphatic carbocycles. The van der Waals surface area contributed by atoms with Crippen LogP contribution in [0.3, 0.4) is 0 Å². The predicted molar refractivity (Wildman–Crippen MR) is 75.9 cm³/mol. The first kappa shape index (κ1) is 13.4. The smallest absolute Gasteiger partial charge is 0.153 e. The minimum absolute atomic E-state index is 0.0379. The Kier molecular flexibility index (Phi) is 3.43. The molecule has 1 aromatic carbocycles. The quantitative estimate of drug-likeness (QED) is 0.867. The molecule has 0 fully saturated rings. The maximum absolute atomic E-state index is 11.5. The largest absolute Gasteiger partial charge is 0.341 e. The highest BCUT2D eigenvalue weighted by Crippen LogP contribution is 2.30. The maximum Gasteiger partial charge on any atom is 0.153 e. The molecule has 0 saturated carbocycles. The predicted octanol–water partition coefficient (Wildman–Crippen LogP) is 3.42. The van der Waals surface area contributed by atoms with Gasteiger partial charge in [-0.25, -0.2) is 8.42 Å². The number of hydrogen-bond acceptors (Lipinski definition) is 2. The van der Waals surface area contributed by atoms with Crippen molar-refractivity contribution in [2.45, 2.75) is 25.6 Å². The standard InChI is InChI=1S/C13H16ClNO2S/c1-9(2)15-10(8-18(3,16)17)7-11-12(14)5-4-6-13(11)15/h4-7,9H,8H2,1-3H3. The lowest BCUT2D eigenvalue weighted by Crippen LogP contribution is -2.09. The first-order valence-corrected chi connectivity index (χ1v) is 8.19. The van der Waals surface area contributed by atoms with Crippen molar-refractivity contribution in [3.8, 4) is 0 Å². The third kappa shape index (κ3) is 2.54. The average molecular weight is 286 g/mol. The molecular weight excluding hydrogens is 270 g/mol. The number of hydrogen-bond donors (Lipinski definition) is 0. The van der Waals surface area contributed by atoms with E-state index in [9.17, 15) is 8.42 Å². The third-order valence-corrected chi connectivity index (χ3v) is 3.99. The van der Waals surface area contributed by atoms with Gasteiger partial charge < -0.3 is 4.57 Å². The van der Waals surface area contributed by atoms with E-state index in [4.69, 9.17) is 11.6 Å². The summed E-state index contributed by atoms with van der Waals surface area (Å²) in [7, 11) is -3.06. The van der Waals surface area contributed by atoms with Crippen LogP contribution >= 0.6 is 11.6 Å². The van der Waals surface area contributed by atoms with Gasteiger partial charge in [0.15, 0.2) is 9.84 Å². The molecule has 18 heavy (non-hydrogen) atoms. The molecule has 0 atom stereocenters. The Morgan fingerprint density at radius 2 is 2.00 bits per heavy atom. The Hall–Kier alpha value is -1.00. The molecule has 5 heteroatoms. The minimum Gasteiger partial charge on any atom is -0.341 e. The van der Waals surface area contributed by atoms with Crippen LogP contribution in [-0.4, -0.2) is 19.2 Å². The lowest BCUT2D eigenvalue weighted by molar-refractivity contribution is 0.585. The Bertz CT molecular complexity index is 686. The van der Waals surface area contributed by atoms with Crippen LogP contribution in [0.25, 0.3) is 10.9 Å². The fraction of sp³-hybridized carbons (Fsp3) is 0.385. The van der Waals surface area contributed by atoms with Crippen molar-refractivity contribution in [3.63, 3.8) is 0 Å². The molecule has 2 aromatic rings. The molecule has 0 unspecified atom stereocenters. The Balaban J connectivity index is 2.73. The topological polar surface area (TPSA) is 39.1 Å². The lowest BCUT2D eigenvalue weighted by atomic mass is 10.2. The summed E-state index contributed by atoms with van der Waals surface area (Å²) in [6.45, 7) is 4.07. The second kappa shape index (κ2) is 4.59. The van der Waals surface area contributed by atoms with Gasteiger partial charge in [0.05, 0.1) is 5.75 Å². The molecule has 98 valence electrons. The van der Waals surface area contributed by atoms with Crippen molar-refractivity contribution < 1.29 is 8.42 Å². The molecule has 1 aromatic heterocycles. The summed E-state index contributed by atoms with van der Waals surface area (Å²) in [5.74, 6) is 0.0379. The van der Waals surface area contributed by atoms with Gasteiger partial charge in [0.1, 0.15) is 0 Å². The van der Waals surface area contributed by atoms with Crippen LogP contribution in [0.5, 0.6) is 0 Å². The molecule has 0 amide bonds. The monoisotopic (exact) mass is 285 g/mol. The van der Waals surface area contributed by atoms with E-state index in [0.29, 0.717) is 5.02 Å². The van der Waals surface area contributed by atoms with E-state index in [-0.39, 0.29) is 11.8 Å². The van der Waals surface area contributed by atoms with E-state index in [2.05, 4.69) is 0 Å². The van der Waals surface area contributed by atoms with E-state index < -0.39 is 9.84 Å². The summed E-state index contributed by atoms with van der Waals surface area (Å²) in [6.07, 6.45) is 1.25. The van der Waals surface area contributed by atoms with Gasteiger partial charge in [-0.15, -0.1) is 0 Å². The van der Waals surface area contributed by atoms with Gasteiger partial charge in [0.25, 0.3) is 0 Å². The van der Waals surface area contributed by atoms with Gasteiger partial charge in [-0.2, -0.15) is 0 Å². The van der Waals surface area contributed by atoms with Gasteiger partial charge in [0.2, 0.25) is 0 Å². The summed E-state index contributed by atoms with van der Waals surface area (Å²) in [4.78, 5) is 0. The number of halogens is 1. The van der Waals surface area contributed by atoms with Crippen LogP contribution in [0.1, 0.15) is 25.6 Å². The normalized spacial score (nSPS) is 12.5. The molecule has 0 radical (unpaired) electrons. The second-order valence-electron chi connectivity index (χ2n) is 4.84. The summed E-state index contributed by atoms with van der Waals surface area (Å²) < 4.78 is 25.0. The van der Waals surface area contributed by atoms with Crippen LogP contribution in [0.15, 0.2) is 24.3 Å². The fourth-order valence-corrected chi connectivity index (χ4v) is 3.24. The van der Waals surface area contributed by atoms with Crippen molar-refractivity contribution in [1.82, 2.24) is 4.57 Å². The van der Waals surface area contributed by atoms with Crippen molar-refractivity contribution in [1.29, 1.82) is 0 Å². The zero-order valence-corrected chi connectivity index (χ0v) is 12.2. The number of nitrogens with zero attached hydrogens (tertiary/aromatic N) is 1. The summed E-state index contributed by atoms with van der Waals surface area (Å²) in [6, 6.07) is 7.73. The highest BCUT2D eigenvalue weighted by Gasteiger charge is 2.16. The van der Waals surface area contributed by atoms with Gasteiger partial charge in [-0.3, -0.25) is 0 Å². The number of aromatic nitrogens is 1. The van der Waals surface area contributed by atoms with E-state index >= 15 is 0 Å². The van der Waals surface area contributed by atoms with E-state index in [1.54, 1.807) is 0 Å². The van der Waals surface area contributed by atoms with E-state index in [0.717, 1.165) is 16.6 Å². The average Bonchev–Trinajstić information content (AvgIpc) is 2.54. The lowest BCUT2D eigenvalue weighted by Gasteiger charge is -2.14. The van der Waals surface area contributed by atoms with Crippen molar-refractivity contribution >= 4 is 32.3 Å². The van der Waals surface area contributed by atoms with Gasteiger partial charge in [-0.1, -0.05) is 17.7 Å². The zero-order valence-electron chi connectivity index (χ0n) is 10.6. The van der Waals surface area contributed by atoms with Crippen LogP contribution in [0, 0.1) is 0 Å². The molecule has 0 spiro atoms. The van der Waals surface area contributed by atoms with Crippen molar-refractivity contribution in [2.24, 2.45) is 0 Å². The highest BCUT2D eigenvalue weighted by atomic mass is 35.5. The molecule has 0 aliphatic rings. The first-order chi connectivity index (χ1) is 8.29. The first-order valence-electron chi connectivity index (χ1n) is 5.75. The number of benzene rings is 1. The van der Waals surface area contributed by atoms with Gasteiger partial charge in [-0.05, 0) is 32.0 Å². The van der Waals surface area contributed by atoms with Crippen LogP contribution in [-0.2, 0) is 15.6 Å². The Morgan fingerprint density at radius 3 is 2.56 bits per heavy atom. The van der Waals surface area contributed by atoms with Crippen LogP contribution in [0.4, 0.5) is 0 Å². The summed E-state index contributed by atoms with van der Waals surface area (Å²) >= 11 is 6.16. The maximum atomic E-state index is 11.5. The van der Waals surface area contributed by atoms with E-state index in [1.807, 2.05) is 42.7 Å². The van der Waals surface area contributed by atoms with Gasteiger partial charge in [0, 0.05) is 33.9 Å². The van der Waals surface area contributed by atoms with Crippen LogP contribution < -0.4 is 0 Å². The highest BCUT2D eigenvalue weighted by molar-refractivity contribution is 7.89. The molecule has 1 heterocycles. The minimum atomic E-state index is -3.06. The number of rotatable bonds is 3. The van der Waals surface area contributed by atoms with Crippen molar-refractivity contribution in [2.75, 3.05) is 6.26 Å². The second-order valence-corrected chi connectivity index (χ2v) is 7.39. The molecule has 0 N–H and O–H groups in total. The number of sulfone groups is 1. The molecule has 0 aliphatic heterocycles. The molecule has 3 nitrogen and oxygen atoms in total. The van der Waals surface area contributed by atoms with Crippen LogP contribution in [0.2, 0.25) is 5.02 Å². The fourth-order valence-electron chi connectivity index (χ4n) is 2.26. The number of fused-ring (bicyclic) bond motifs is 1. The molecular formula is C13H16ClNO2S. The molecule has 2 rings (SSSR count).